The van der Waals surface area contributed by atoms with Gasteiger partial charge in [-0.3, -0.25) is 14.6 Å². The Labute approximate surface area is 179 Å². The molecule has 0 atom stereocenters. The third-order valence-corrected chi connectivity index (χ3v) is 5.14. The molecule has 0 aliphatic rings. The fraction of sp³-hybridized carbons (Fsp3) is 0.391. The summed E-state index contributed by atoms with van der Waals surface area (Å²) in [5, 5.41) is 2.93. The number of ether oxygens (including phenoxy) is 1. The summed E-state index contributed by atoms with van der Waals surface area (Å²) in [7, 11) is 4.94. The molecule has 0 saturated carbocycles. The van der Waals surface area contributed by atoms with Crippen LogP contribution in [0.2, 0.25) is 0 Å². The molecule has 7 heteroatoms. The van der Waals surface area contributed by atoms with Crippen LogP contribution < -0.4 is 19.9 Å². The Hall–Kier alpha value is -3.06. The SMILES string of the molecule is CCN(CC)CCNC(=O)c1ccc(N(C)C(=O)N(C)c2ccccc2)cc1OC. The van der Waals surface area contributed by atoms with E-state index in [0.717, 1.165) is 25.3 Å². The number of likely N-dealkylation sites (N-methyl/N-ethyl adjacent to an activating group) is 1. The fourth-order valence-electron chi connectivity index (χ4n) is 3.14. The highest BCUT2D eigenvalue weighted by Gasteiger charge is 2.20. The van der Waals surface area contributed by atoms with Gasteiger partial charge in [-0.2, -0.15) is 0 Å². The first-order valence-electron chi connectivity index (χ1n) is 10.2. The molecule has 0 unspecified atom stereocenters. The van der Waals surface area contributed by atoms with Crippen molar-refractivity contribution < 1.29 is 14.3 Å². The number of nitrogens with zero attached hydrogens (tertiary/aromatic N) is 3. The first-order chi connectivity index (χ1) is 14.4. The monoisotopic (exact) mass is 412 g/mol. The number of hydrogen-bond donors (Lipinski definition) is 1. The number of urea groups is 1. The Morgan fingerprint density at radius 2 is 1.57 bits per heavy atom. The lowest BCUT2D eigenvalue weighted by Crippen LogP contribution is -2.39. The van der Waals surface area contributed by atoms with E-state index in [0.29, 0.717) is 23.5 Å². The predicted molar refractivity (Wildman–Crippen MR) is 122 cm³/mol. The molecule has 2 aromatic carbocycles. The molecule has 30 heavy (non-hydrogen) atoms. The number of carbonyl (C=O) groups excluding carboxylic acids is 2. The molecule has 0 radical (unpaired) electrons. The summed E-state index contributed by atoms with van der Waals surface area (Å²) in [6, 6.07) is 14.4. The lowest BCUT2D eigenvalue weighted by molar-refractivity contribution is 0.0946. The van der Waals surface area contributed by atoms with Gasteiger partial charge in [-0.15, -0.1) is 0 Å². The van der Waals surface area contributed by atoms with Gasteiger partial charge in [0.05, 0.1) is 12.7 Å². The summed E-state index contributed by atoms with van der Waals surface area (Å²) >= 11 is 0. The average molecular weight is 413 g/mol. The molecule has 162 valence electrons. The summed E-state index contributed by atoms with van der Waals surface area (Å²) in [6.07, 6.45) is 0. The Kier molecular flexibility index (Phi) is 8.68. The van der Waals surface area contributed by atoms with Crippen LogP contribution in [0.15, 0.2) is 48.5 Å². The van der Waals surface area contributed by atoms with E-state index in [1.165, 1.54) is 12.0 Å². The van der Waals surface area contributed by atoms with Gasteiger partial charge in [0.1, 0.15) is 5.75 Å². The molecule has 0 saturated heterocycles. The Morgan fingerprint density at radius 1 is 0.933 bits per heavy atom. The van der Waals surface area contributed by atoms with E-state index in [2.05, 4.69) is 24.1 Å². The number of benzene rings is 2. The molecule has 0 fully saturated rings. The minimum Gasteiger partial charge on any atom is -0.496 e. The normalized spacial score (nSPS) is 10.6. The van der Waals surface area contributed by atoms with Gasteiger partial charge in [0, 0.05) is 44.6 Å². The lowest BCUT2D eigenvalue weighted by atomic mass is 10.1. The summed E-state index contributed by atoms with van der Waals surface area (Å²) in [5.41, 5.74) is 1.88. The van der Waals surface area contributed by atoms with Crippen molar-refractivity contribution in [3.63, 3.8) is 0 Å². The van der Waals surface area contributed by atoms with Gasteiger partial charge >= 0.3 is 6.03 Å². The van der Waals surface area contributed by atoms with E-state index in [-0.39, 0.29) is 11.9 Å². The van der Waals surface area contributed by atoms with Crippen molar-refractivity contribution >= 4 is 23.3 Å². The second-order valence-electron chi connectivity index (χ2n) is 6.90. The Balaban J connectivity index is 2.10. The molecule has 7 nitrogen and oxygen atoms in total. The van der Waals surface area contributed by atoms with Crippen LogP contribution in [0.25, 0.3) is 0 Å². The maximum absolute atomic E-state index is 12.9. The highest BCUT2D eigenvalue weighted by Crippen LogP contribution is 2.26. The minimum absolute atomic E-state index is 0.194. The van der Waals surface area contributed by atoms with Gasteiger partial charge in [-0.05, 0) is 37.4 Å². The van der Waals surface area contributed by atoms with Crippen LogP contribution >= 0.6 is 0 Å². The zero-order valence-corrected chi connectivity index (χ0v) is 18.5. The van der Waals surface area contributed by atoms with Crippen LogP contribution in [-0.2, 0) is 0 Å². The first kappa shape index (κ1) is 23.2. The molecule has 3 amide bonds. The molecule has 0 spiro atoms. The van der Waals surface area contributed by atoms with Crippen LogP contribution in [0.5, 0.6) is 5.75 Å². The molecular weight excluding hydrogens is 380 g/mol. The maximum Gasteiger partial charge on any atom is 0.328 e. The van der Waals surface area contributed by atoms with Crippen LogP contribution in [0.4, 0.5) is 16.2 Å². The average Bonchev–Trinajstić information content (AvgIpc) is 2.80. The van der Waals surface area contributed by atoms with Crippen LogP contribution in [-0.4, -0.2) is 64.2 Å². The molecule has 0 aliphatic carbocycles. The van der Waals surface area contributed by atoms with Crippen molar-refractivity contribution in [1.29, 1.82) is 0 Å². The second kappa shape index (κ2) is 11.2. The minimum atomic E-state index is -0.195. The van der Waals surface area contributed by atoms with E-state index in [4.69, 9.17) is 4.74 Å². The van der Waals surface area contributed by atoms with Crippen molar-refractivity contribution in [2.75, 3.05) is 57.2 Å². The number of methoxy groups -OCH3 is 1. The summed E-state index contributed by atoms with van der Waals surface area (Å²) in [6.45, 7) is 7.44. The molecule has 0 aromatic heterocycles. The Morgan fingerprint density at radius 3 is 2.17 bits per heavy atom. The van der Waals surface area contributed by atoms with E-state index >= 15 is 0 Å². The number of anilines is 2. The lowest BCUT2D eigenvalue weighted by Gasteiger charge is -2.25. The van der Waals surface area contributed by atoms with Crippen molar-refractivity contribution in [2.45, 2.75) is 13.8 Å². The largest absolute Gasteiger partial charge is 0.496 e. The topological polar surface area (TPSA) is 65.1 Å². The highest BCUT2D eigenvalue weighted by molar-refractivity contribution is 6.04. The van der Waals surface area contributed by atoms with Crippen molar-refractivity contribution in [3.8, 4) is 5.75 Å². The van der Waals surface area contributed by atoms with E-state index < -0.39 is 0 Å². The number of carbonyl (C=O) groups is 2. The van der Waals surface area contributed by atoms with Gasteiger partial charge in [0.2, 0.25) is 0 Å². The van der Waals surface area contributed by atoms with Gasteiger partial charge in [-0.25, -0.2) is 4.79 Å². The molecular formula is C23H32N4O3. The summed E-state index contributed by atoms with van der Waals surface area (Å²) in [4.78, 5) is 30.8. The number of rotatable bonds is 9. The van der Waals surface area contributed by atoms with Gasteiger partial charge in [-0.1, -0.05) is 32.0 Å². The molecule has 0 heterocycles. The number of nitrogens with one attached hydrogen (secondary N) is 1. The van der Waals surface area contributed by atoms with Crippen molar-refractivity contribution in [1.82, 2.24) is 10.2 Å². The quantitative estimate of drug-likeness (QED) is 0.685. The van der Waals surface area contributed by atoms with E-state index in [1.54, 1.807) is 37.2 Å². The second-order valence-corrected chi connectivity index (χ2v) is 6.90. The standard InChI is InChI=1S/C23H32N4O3/c1-6-27(7-2)16-15-24-22(28)20-14-13-19(17-21(20)30-5)26(4)23(29)25(3)18-11-9-8-10-12-18/h8-14,17H,6-7,15-16H2,1-5H3,(H,24,28). The van der Waals surface area contributed by atoms with Crippen LogP contribution in [0.3, 0.4) is 0 Å². The van der Waals surface area contributed by atoms with Crippen LogP contribution in [0.1, 0.15) is 24.2 Å². The highest BCUT2D eigenvalue weighted by atomic mass is 16.5. The predicted octanol–water partition coefficient (Wildman–Crippen LogP) is 3.46. The number of amides is 3. The molecule has 2 rings (SSSR count). The number of hydrogen-bond acceptors (Lipinski definition) is 4. The molecule has 0 bridgehead atoms. The van der Waals surface area contributed by atoms with Gasteiger partial charge < -0.3 is 15.0 Å². The first-order valence-corrected chi connectivity index (χ1v) is 10.2. The van der Waals surface area contributed by atoms with Crippen molar-refractivity contribution in [2.24, 2.45) is 0 Å². The molecule has 0 aliphatic heterocycles. The fourth-order valence-corrected chi connectivity index (χ4v) is 3.14. The zero-order chi connectivity index (χ0) is 22.1. The molecule has 2 aromatic rings. The van der Waals surface area contributed by atoms with Crippen LogP contribution in [0, 0.1) is 0 Å². The number of para-hydroxylation sites is 1. The van der Waals surface area contributed by atoms with Gasteiger partial charge in [0.25, 0.3) is 5.91 Å². The zero-order valence-electron chi connectivity index (χ0n) is 18.5. The van der Waals surface area contributed by atoms with Crippen molar-refractivity contribution in [3.05, 3.63) is 54.1 Å². The third kappa shape index (κ3) is 5.73. The summed E-state index contributed by atoms with van der Waals surface area (Å²) in [5.74, 6) is 0.232. The van der Waals surface area contributed by atoms with E-state index in [9.17, 15) is 9.59 Å². The Bertz CT molecular complexity index is 838. The van der Waals surface area contributed by atoms with E-state index in [1.807, 2.05) is 30.3 Å². The van der Waals surface area contributed by atoms with Gasteiger partial charge in [0.15, 0.2) is 0 Å². The molecule has 1 N–H and O–H groups in total. The summed E-state index contributed by atoms with van der Waals surface area (Å²) < 4.78 is 5.43. The third-order valence-electron chi connectivity index (χ3n) is 5.14. The smallest absolute Gasteiger partial charge is 0.328 e. The maximum atomic E-state index is 12.9.